The van der Waals surface area contributed by atoms with Crippen molar-refractivity contribution in [2.75, 3.05) is 17.6 Å². The van der Waals surface area contributed by atoms with Crippen molar-refractivity contribution in [3.8, 4) is 0 Å². The van der Waals surface area contributed by atoms with Gasteiger partial charge in [-0.05, 0) is 37.0 Å². The van der Waals surface area contributed by atoms with Crippen LogP contribution in [0.15, 0.2) is 41.8 Å². The summed E-state index contributed by atoms with van der Waals surface area (Å²) in [6, 6.07) is 11.2. The van der Waals surface area contributed by atoms with E-state index < -0.39 is 0 Å². The van der Waals surface area contributed by atoms with E-state index in [1.165, 1.54) is 4.88 Å². The van der Waals surface area contributed by atoms with Crippen molar-refractivity contribution in [1.82, 2.24) is 4.90 Å². The molecule has 0 saturated carbocycles. The van der Waals surface area contributed by atoms with E-state index in [1.807, 2.05) is 31.2 Å². The number of rotatable bonds is 6. The molecule has 3 N–H and O–H groups in total. The standard InChI is InChI=1S/C16H21N3OS/c1-3-19(11-13-7-6-10-21-13)12(2)16(20)18-15-9-5-4-8-14(15)17/h4-10,12H,3,11,17H2,1-2H3,(H,18,20). The maximum atomic E-state index is 12.4. The Bertz CT molecular complexity index is 583. The maximum absolute atomic E-state index is 12.4. The van der Waals surface area contributed by atoms with Gasteiger partial charge in [-0.3, -0.25) is 9.69 Å². The van der Waals surface area contributed by atoms with E-state index in [9.17, 15) is 4.79 Å². The first kappa shape index (κ1) is 15.5. The van der Waals surface area contributed by atoms with Crippen LogP contribution in [0, 0.1) is 0 Å². The fraction of sp³-hybridized carbons (Fsp3) is 0.312. The molecule has 2 rings (SSSR count). The fourth-order valence-corrected chi connectivity index (χ4v) is 2.87. The highest BCUT2D eigenvalue weighted by Gasteiger charge is 2.21. The van der Waals surface area contributed by atoms with Crippen molar-refractivity contribution in [2.24, 2.45) is 0 Å². The lowest BCUT2D eigenvalue weighted by Gasteiger charge is -2.26. The van der Waals surface area contributed by atoms with Crippen molar-refractivity contribution >= 4 is 28.6 Å². The highest BCUT2D eigenvalue weighted by molar-refractivity contribution is 7.09. The topological polar surface area (TPSA) is 58.4 Å². The van der Waals surface area contributed by atoms with Crippen molar-refractivity contribution in [3.63, 3.8) is 0 Å². The first-order chi connectivity index (χ1) is 10.1. The molecule has 2 aromatic rings. The molecule has 0 aliphatic rings. The van der Waals surface area contributed by atoms with Gasteiger partial charge in [0, 0.05) is 11.4 Å². The SMILES string of the molecule is CCN(Cc1cccs1)C(C)C(=O)Nc1ccccc1N. The lowest BCUT2D eigenvalue weighted by atomic mass is 10.2. The molecular formula is C16H21N3OS. The molecule has 0 radical (unpaired) electrons. The molecule has 1 amide bonds. The van der Waals surface area contributed by atoms with E-state index in [1.54, 1.807) is 17.4 Å². The van der Waals surface area contributed by atoms with Crippen molar-refractivity contribution < 1.29 is 4.79 Å². The molecule has 1 unspecified atom stereocenters. The van der Waals surface area contributed by atoms with E-state index in [-0.39, 0.29) is 11.9 Å². The van der Waals surface area contributed by atoms with Gasteiger partial charge in [-0.25, -0.2) is 0 Å². The predicted molar refractivity (Wildman–Crippen MR) is 89.3 cm³/mol. The van der Waals surface area contributed by atoms with Crippen LogP contribution >= 0.6 is 11.3 Å². The number of nitrogens with one attached hydrogen (secondary N) is 1. The number of likely N-dealkylation sites (N-methyl/N-ethyl adjacent to an activating group) is 1. The van der Waals surface area contributed by atoms with E-state index >= 15 is 0 Å². The Morgan fingerprint density at radius 2 is 2.10 bits per heavy atom. The van der Waals surface area contributed by atoms with Gasteiger partial charge in [-0.2, -0.15) is 0 Å². The summed E-state index contributed by atoms with van der Waals surface area (Å²) in [5, 5.41) is 4.96. The molecule has 1 aromatic heterocycles. The van der Waals surface area contributed by atoms with Crippen molar-refractivity contribution in [2.45, 2.75) is 26.4 Å². The number of anilines is 2. The molecule has 0 saturated heterocycles. The Morgan fingerprint density at radius 1 is 1.33 bits per heavy atom. The van der Waals surface area contributed by atoms with Crippen molar-refractivity contribution in [3.05, 3.63) is 46.7 Å². The smallest absolute Gasteiger partial charge is 0.241 e. The van der Waals surface area contributed by atoms with Crippen LogP contribution < -0.4 is 11.1 Å². The van der Waals surface area contributed by atoms with Crippen LogP contribution in [0.25, 0.3) is 0 Å². The molecule has 1 atom stereocenters. The zero-order valence-electron chi connectivity index (χ0n) is 12.4. The summed E-state index contributed by atoms with van der Waals surface area (Å²) in [5.41, 5.74) is 7.11. The van der Waals surface area contributed by atoms with Crippen molar-refractivity contribution in [1.29, 1.82) is 0 Å². The number of benzene rings is 1. The molecular weight excluding hydrogens is 282 g/mol. The van der Waals surface area contributed by atoms with Gasteiger partial charge in [0.25, 0.3) is 0 Å². The number of para-hydroxylation sites is 2. The molecule has 21 heavy (non-hydrogen) atoms. The number of nitrogen functional groups attached to an aromatic ring is 1. The second-order valence-electron chi connectivity index (χ2n) is 4.89. The Kier molecular flexibility index (Phi) is 5.36. The first-order valence-corrected chi connectivity index (χ1v) is 7.91. The number of nitrogens with zero attached hydrogens (tertiary/aromatic N) is 1. The Balaban J connectivity index is 2.01. The Labute approximate surface area is 129 Å². The second kappa shape index (κ2) is 7.24. The highest BCUT2D eigenvalue weighted by atomic mass is 32.1. The summed E-state index contributed by atoms with van der Waals surface area (Å²) in [6.45, 7) is 5.59. The normalized spacial score (nSPS) is 12.3. The number of carbonyl (C=O) groups excluding carboxylic acids is 1. The molecule has 0 aliphatic heterocycles. The third-order valence-corrected chi connectivity index (χ3v) is 4.35. The number of carbonyl (C=O) groups is 1. The molecule has 5 heteroatoms. The summed E-state index contributed by atoms with van der Waals surface area (Å²) in [5.74, 6) is -0.0358. The summed E-state index contributed by atoms with van der Waals surface area (Å²) >= 11 is 1.71. The Morgan fingerprint density at radius 3 is 2.71 bits per heavy atom. The van der Waals surface area contributed by atoms with Crippen LogP contribution in [0.5, 0.6) is 0 Å². The minimum absolute atomic E-state index is 0.0358. The number of hydrogen-bond donors (Lipinski definition) is 2. The van der Waals surface area contributed by atoms with Gasteiger partial charge in [0.15, 0.2) is 0 Å². The van der Waals surface area contributed by atoms with Crippen LogP contribution in [0.4, 0.5) is 11.4 Å². The molecule has 4 nitrogen and oxygen atoms in total. The van der Waals surface area contributed by atoms with Gasteiger partial charge in [0.2, 0.25) is 5.91 Å². The van der Waals surface area contributed by atoms with E-state index in [0.29, 0.717) is 11.4 Å². The van der Waals surface area contributed by atoms with Gasteiger partial charge in [0.05, 0.1) is 17.4 Å². The molecule has 1 heterocycles. The minimum atomic E-state index is -0.211. The lowest BCUT2D eigenvalue weighted by molar-refractivity contribution is -0.120. The van der Waals surface area contributed by atoms with E-state index in [4.69, 9.17) is 5.73 Å². The third-order valence-electron chi connectivity index (χ3n) is 3.49. The second-order valence-corrected chi connectivity index (χ2v) is 5.93. The van der Waals surface area contributed by atoms with Gasteiger partial charge in [-0.15, -0.1) is 11.3 Å². The van der Waals surface area contributed by atoms with E-state index in [0.717, 1.165) is 13.1 Å². The number of hydrogen-bond acceptors (Lipinski definition) is 4. The average molecular weight is 303 g/mol. The molecule has 112 valence electrons. The number of thiophene rings is 1. The zero-order valence-corrected chi connectivity index (χ0v) is 13.2. The van der Waals surface area contributed by atoms with Gasteiger partial charge in [0.1, 0.15) is 0 Å². The van der Waals surface area contributed by atoms with Crippen LogP contribution in [-0.4, -0.2) is 23.4 Å². The number of amides is 1. The van der Waals surface area contributed by atoms with Crippen LogP contribution in [-0.2, 0) is 11.3 Å². The van der Waals surface area contributed by atoms with Crippen LogP contribution in [0.2, 0.25) is 0 Å². The molecule has 1 aromatic carbocycles. The van der Waals surface area contributed by atoms with Crippen LogP contribution in [0.1, 0.15) is 18.7 Å². The molecule has 0 fully saturated rings. The summed E-state index contributed by atoms with van der Waals surface area (Å²) in [4.78, 5) is 15.8. The molecule has 0 bridgehead atoms. The summed E-state index contributed by atoms with van der Waals surface area (Å²) in [6.07, 6.45) is 0. The average Bonchev–Trinajstić information content (AvgIpc) is 2.99. The number of nitrogens with two attached hydrogens (primary N) is 1. The van der Waals surface area contributed by atoms with Crippen LogP contribution in [0.3, 0.4) is 0 Å². The minimum Gasteiger partial charge on any atom is -0.397 e. The third kappa shape index (κ3) is 4.06. The maximum Gasteiger partial charge on any atom is 0.241 e. The Hall–Kier alpha value is -1.85. The summed E-state index contributed by atoms with van der Waals surface area (Å²) < 4.78 is 0. The monoisotopic (exact) mass is 303 g/mol. The predicted octanol–water partition coefficient (Wildman–Crippen LogP) is 3.18. The fourth-order valence-electron chi connectivity index (χ4n) is 2.14. The van der Waals surface area contributed by atoms with Gasteiger partial charge in [-0.1, -0.05) is 25.1 Å². The lowest BCUT2D eigenvalue weighted by Crippen LogP contribution is -2.41. The molecule has 0 spiro atoms. The van der Waals surface area contributed by atoms with Gasteiger partial charge < -0.3 is 11.1 Å². The summed E-state index contributed by atoms with van der Waals surface area (Å²) in [7, 11) is 0. The first-order valence-electron chi connectivity index (χ1n) is 7.03. The van der Waals surface area contributed by atoms with Gasteiger partial charge >= 0.3 is 0 Å². The quantitative estimate of drug-likeness (QED) is 0.806. The highest BCUT2D eigenvalue weighted by Crippen LogP contribution is 2.18. The van der Waals surface area contributed by atoms with E-state index in [2.05, 4.69) is 28.6 Å². The largest absolute Gasteiger partial charge is 0.397 e. The molecule has 0 aliphatic carbocycles. The zero-order chi connectivity index (χ0) is 15.2.